The zero-order chi connectivity index (χ0) is 13.0. The minimum Gasteiger partial charge on any atom is -0.322 e. The Bertz CT molecular complexity index is 624. The highest BCUT2D eigenvalue weighted by atomic mass is 19.1. The standard InChI is InChI=1S/C12H10FN3O2/c13-9-3-1-2-4-10(9)15-11(17)7-16-8-14-6-5-12(16)18/h1-6,8H,7H2,(H,15,17). The molecule has 1 N–H and O–H groups in total. The first-order valence-corrected chi connectivity index (χ1v) is 5.21. The molecular formula is C12H10FN3O2. The van der Waals surface area contributed by atoms with Crippen LogP contribution >= 0.6 is 0 Å². The third-order valence-corrected chi connectivity index (χ3v) is 2.25. The second-order valence-electron chi connectivity index (χ2n) is 3.57. The Labute approximate surface area is 102 Å². The molecule has 1 aromatic heterocycles. The fraction of sp³-hybridized carbons (Fsp3) is 0.0833. The van der Waals surface area contributed by atoms with Gasteiger partial charge in [-0.3, -0.25) is 14.2 Å². The SMILES string of the molecule is O=C(Cn1cnccc1=O)Nc1ccccc1F. The number of carbonyl (C=O) groups excluding carboxylic acids is 1. The van der Waals surface area contributed by atoms with Gasteiger partial charge in [-0.05, 0) is 12.1 Å². The van der Waals surface area contributed by atoms with Crippen LogP contribution in [0.15, 0.2) is 47.7 Å². The number of aromatic nitrogens is 2. The number of para-hydroxylation sites is 1. The number of rotatable bonds is 3. The monoisotopic (exact) mass is 247 g/mol. The van der Waals surface area contributed by atoms with E-state index in [0.29, 0.717) is 0 Å². The lowest BCUT2D eigenvalue weighted by Gasteiger charge is -2.07. The van der Waals surface area contributed by atoms with Gasteiger partial charge in [-0.15, -0.1) is 0 Å². The van der Waals surface area contributed by atoms with Crippen molar-refractivity contribution < 1.29 is 9.18 Å². The molecule has 0 saturated heterocycles. The Balaban J connectivity index is 2.09. The highest BCUT2D eigenvalue weighted by Crippen LogP contribution is 2.11. The first-order valence-electron chi connectivity index (χ1n) is 5.21. The van der Waals surface area contributed by atoms with E-state index in [1.54, 1.807) is 6.07 Å². The number of amides is 1. The molecule has 0 spiro atoms. The third-order valence-electron chi connectivity index (χ3n) is 2.25. The summed E-state index contributed by atoms with van der Waals surface area (Å²) in [6.07, 6.45) is 2.59. The van der Waals surface area contributed by atoms with Crippen LogP contribution in [0.2, 0.25) is 0 Å². The molecule has 1 amide bonds. The predicted molar refractivity (Wildman–Crippen MR) is 63.5 cm³/mol. The Hall–Kier alpha value is -2.50. The average molecular weight is 247 g/mol. The molecule has 18 heavy (non-hydrogen) atoms. The molecule has 2 rings (SSSR count). The molecule has 0 aliphatic carbocycles. The van der Waals surface area contributed by atoms with Crippen molar-refractivity contribution >= 4 is 11.6 Å². The van der Waals surface area contributed by atoms with Gasteiger partial charge in [0.15, 0.2) is 0 Å². The van der Waals surface area contributed by atoms with Crippen molar-refractivity contribution in [2.45, 2.75) is 6.54 Å². The Morgan fingerprint density at radius 3 is 2.83 bits per heavy atom. The van der Waals surface area contributed by atoms with Crippen LogP contribution in [-0.2, 0) is 11.3 Å². The van der Waals surface area contributed by atoms with Gasteiger partial charge >= 0.3 is 0 Å². The average Bonchev–Trinajstić information content (AvgIpc) is 2.35. The van der Waals surface area contributed by atoms with Crippen LogP contribution in [0.5, 0.6) is 0 Å². The van der Waals surface area contributed by atoms with E-state index in [4.69, 9.17) is 0 Å². The van der Waals surface area contributed by atoms with Crippen molar-refractivity contribution in [2.75, 3.05) is 5.32 Å². The number of carbonyl (C=O) groups is 1. The largest absolute Gasteiger partial charge is 0.322 e. The summed E-state index contributed by atoms with van der Waals surface area (Å²) in [6.45, 7) is -0.207. The van der Waals surface area contributed by atoms with Gasteiger partial charge in [-0.1, -0.05) is 12.1 Å². The van der Waals surface area contributed by atoms with E-state index in [0.717, 1.165) is 4.57 Å². The van der Waals surface area contributed by atoms with E-state index < -0.39 is 11.7 Å². The summed E-state index contributed by atoms with van der Waals surface area (Å²) in [4.78, 5) is 26.7. The van der Waals surface area contributed by atoms with E-state index in [1.165, 1.54) is 36.8 Å². The molecule has 0 saturated carbocycles. The molecular weight excluding hydrogens is 237 g/mol. The highest BCUT2D eigenvalue weighted by molar-refractivity contribution is 5.90. The normalized spacial score (nSPS) is 10.1. The summed E-state index contributed by atoms with van der Waals surface area (Å²) in [5.41, 5.74) is -0.256. The zero-order valence-electron chi connectivity index (χ0n) is 9.34. The lowest BCUT2D eigenvalue weighted by molar-refractivity contribution is -0.116. The molecule has 0 radical (unpaired) electrons. The fourth-order valence-corrected chi connectivity index (χ4v) is 1.40. The molecule has 0 atom stereocenters. The minimum atomic E-state index is -0.524. The summed E-state index contributed by atoms with van der Waals surface area (Å²) in [6, 6.07) is 7.06. The van der Waals surface area contributed by atoms with Crippen LogP contribution in [-0.4, -0.2) is 15.5 Å². The number of hydrogen-bond donors (Lipinski definition) is 1. The summed E-state index contributed by atoms with van der Waals surface area (Å²) in [5, 5.41) is 2.38. The van der Waals surface area contributed by atoms with E-state index >= 15 is 0 Å². The van der Waals surface area contributed by atoms with E-state index in [-0.39, 0.29) is 17.8 Å². The first kappa shape index (κ1) is 12.0. The van der Waals surface area contributed by atoms with Crippen molar-refractivity contribution in [1.82, 2.24) is 9.55 Å². The summed E-state index contributed by atoms with van der Waals surface area (Å²) in [7, 11) is 0. The molecule has 0 aliphatic heterocycles. The Kier molecular flexibility index (Phi) is 3.47. The van der Waals surface area contributed by atoms with Crippen LogP contribution < -0.4 is 10.9 Å². The van der Waals surface area contributed by atoms with Crippen molar-refractivity contribution in [2.24, 2.45) is 0 Å². The first-order chi connectivity index (χ1) is 8.66. The zero-order valence-corrected chi connectivity index (χ0v) is 9.34. The second-order valence-corrected chi connectivity index (χ2v) is 3.57. The molecule has 0 aliphatic rings. The lowest BCUT2D eigenvalue weighted by Crippen LogP contribution is -2.27. The summed E-state index contributed by atoms with van der Waals surface area (Å²) >= 11 is 0. The fourth-order valence-electron chi connectivity index (χ4n) is 1.40. The van der Waals surface area contributed by atoms with Gasteiger partial charge in [-0.2, -0.15) is 0 Å². The number of nitrogens with zero attached hydrogens (tertiary/aromatic N) is 2. The van der Waals surface area contributed by atoms with Gasteiger partial charge in [0, 0.05) is 12.3 Å². The quantitative estimate of drug-likeness (QED) is 0.880. The molecule has 1 heterocycles. The maximum absolute atomic E-state index is 13.3. The molecule has 6 heteroatoms. The van der Waals surface area contributed by atoms with Crippen LogP contribution in [0.3, 0.4) is 0 Å². The molecule has 5 nitrogen and oxygen atoms in total. The Morgan fingerprint density at radius 1 is 1.33 bits per heavy atom. The van der Waals surface area contributed by atoms with E-state index in [1.807, 2.05) is 0 Å². The maximum atomic E-state index is 13.3. The van der Waals surface area contributed by atoms with E-state index in [2.05, 4.69) is 10.3 Å². The van der Waals surface area contributed by atoms with Crippen molar-refractivity contribution in [3.05, 3.63) is 59.0 Å². The smallest absolute Gasteiger partial charge is 0.253 e. The van der Waals surface area contributed by atoms with Crippen LogP contribution in [0.4, 0.5) is 10.1 Å². The van der Waals surface area contributed by atoms with Gasteiger partial charge in [0.2, 0.25) is 5.91 Å². The van der Waals surface area contributed by atoms with Crippen molar-refractivity contribution in [3.63, 3.8) is 0 Å². The number of benzene rings is 1. The molecule has 92 valence electrons. The Morgan fingerprint density at radius 2 is 2.11 bits per heavy atom. The molecule has 0 bridgehead atoms. The van der Waals surface area contributed by atoms with E-state index in [9.17, 15) is 14.0 Å². The predicted octanol–water partition coefficient (Wildman–Crippen LogP) is 1.02. The minimum absolute atomic E-state index is 0.0828. The topological polar surface area (TPSA) is 64.0 Å². The molecule has 0 fully saturated rings. The summed E-state index contributed by atoms with van der Waals surface area (Å²) in [5.74, 6) is -1.01. The number of anilines is 1. The van der Waals surface area contributed by atoms with Gasteiger partial charge in [0.25, 0.3) is 5.56 Å². The van der Waals surface area contributed by atoms with Crippen molar-refractivity contribution in [3.8, 4) is 0 Å². The summed E-state index contributed by atoms with van der Waals surface area (Å²) < 4.78 is 14.4. The van der Waals surface area contributed by atoms with Crippen LogP contribution in [0.25, 0.3) is 0 Å². The molecule has 1 aromatic carbocycles. The van der Waals surface area contributed by atoms with Gasteiger partial charge in [0.1, 0.15) is 12.4 Å². The lowest BCUT2D eigenvalue weighted by atomic mass is 10.3. The van der Waals surface area contributed by atoms with Gasteiger partial charge in [-0.25, -0.2) is 9.37 Å². The van der Waals surface area contributed by atoms with Crippen LogP contribution in [0.1, 0.15) is 0 Å². The maximum Gasteiger partial charge on any atom is 0.253 e. The van der Waals surface area contributed by atoms with Gasteiger partial charge < -0.3 is 5.32 Å². The van der Waals surface area contributed by atoms with Crippen LogP contribution in [0, 0.1) is 5.82 Å². The number of hydrogen-bond acceptors (Lipinski definition) is 3. The number of halogens is 1. The second kappa shape index (κ2) is 5.22. The highest BCUT2D eigenvalue weighted by Gasteiger charge is 2.07. The third kappa shape index (κ3) is 2.79. The van der Waals surface area contributed by atoms with Gasteiger partial charge in [0.05, 0.1) is 12.0 Å². The van der Waals surface area contributed by atoms with Crippen molar-refractivity contribution in [1.29, 1.82) is 0 Å². The number of nitrogens with one attached hydrogen (secondary N) is 1. The molecule has 2 aromatic rings. The molecule has 0 unspecified atom stereocenters.